The van der Waals surface area contributed by atoms with E-state index in [4.69, 9.17) is 0 Å². The largest absolute Gasteiger partial charge is 0.343 e. The summed E-state index contributed by atoms with van der Waals surface area (Å²) in [6.07, 6.45) is 4.51. The highest BCUT2D eigenvalue weighted by molar-refractivity contribution is 5.85. The van der Waals surface area contributed by atoms with Gasteiger partial charge in [-0.15, -0.1) is 0 Å². The second-order valence-electron chi connectivity index (χ2n) is 6.90. The van der Waals surface area contributed by atoms with Crippen LogP contribution in [0.2, 0.25) is 0 Å². The maximum atomic E-state index is 13.2. The van der Waals surface area contributed by atoms with Crippen LogP contribution in [0.4, 0.5) is 0 Å². The molecular formula is C19H25N3O2. The van der Waals surface area contributed by atoms with Gasteiger partial charge in [0.1, 0.15) is 0 Å². The highest BCUT2D eigenvalue weighted by atomic mass is 16.2. The maximum Gasteiger partial charge on any atom is 0.249 e. The molecule has 0 aliphatic carbocycles. The van der Waals surface area contributed by atoms with Crippen molar-refractivity contribution >= 4 is 18.0 Å². The molecule has 1 atom stereocenters. The summed E-state index contributed by atoms with van der Waals surface area (Å²) >= 11 is 0. The molecule has 2 aliphatic rings. The molecule has 0 bridgehead atoms. The fraction of sp³-hybridized carbons (Fsp3) is 0.526. The number of hydrogen-bond acceptors (Lipinski definition) is 3. The Kier molecular flexibility index (Phi) is 4.69. The average Bonchev–Trinajstić information content (AvgIpc) is 3.11. The molecule has 1 aromatic rings. The highest BCUT2D eigenvalue weighted by Crippen LogP contribution is 2.38. The van der Waals surface area contributed by atoms with E-state index in [1.165, 1.54) is 0 Å². The number of hydrazone groups is 1. The van der Waals surface area contributed by atoms with Crippen LogP contribution >= 0.6 is 0 Å². The molecule has 0 saturated carbocycles. The lowest BCUT2D eigenvalue weighted by Crippen LogP contribution is -2.48. The normalized spacial score (nSPS) is 22.7. The Bertz CT molecular complexity index is 633. The second kappa shape index (κ2) is 6.75. The summed E-state index contributed by atoms with van der Waals surface area (Å²) in [5.74, 6) is 0.250. The molecule has 2 aliphatic heterocycles. The highest BCUT2D eigenvalue weighted by Gasteiger charge is 2.43. The first-order chi connectivity index (χ1) is 11.5. The molecule has 1 saturated heterocycles. The zero-order chi connectivity index (χ0) is 17.2. The Hall–Kier alpha value is -2.17. The molecule has 5 heteroatoms. The van der Waals surface area contributed by atoms with Crippen molar-refractivity contribution in [2.75, 3.05) is 13.1 Å². The predicted octanol–water partition coefficient (Wildman–Crippen LogP) is 2.98. The van der Waals surface area contributed by atoms with E-state index in [-0.39, 0.29) is 17.9 Å². The number of rotatable bonds is 3. The van der Waals surface area contributed by atoms with E-state index in [0.29, 0.717) is 32.4 Å². The van der Waals surface area contributed by atoms with Gasteiger partial charge in [0.15, 0.2) is 0 Å². The molecule has 5 nitrogen and oxygen atoms in total. The van der Waals surface area contributed by atoms with Crippen LogP contribution < -0.4 is 0 Å². The Morgan fingerprint density at radius 2 is 1.88 bits per heavy atom. The standard InChI is InChI=1S/C19H25N3O2/c1-3-17(23)21-13-10-19(2,11-14-21)18(24)22-16(9-12-20-22)15-7-5-4-6-8-15/h4-8,12,16H,3,9-11,13-14H2,1-2H3. The van der Waals surface area contributed by atoms with Crippen molar-refractivity contribution in [3.05, 3.63) is 35.9 Å². The number of carbonyl (C=O) groups is 2. The zero-order valence-electron chi connectivity index (χ0n) is 14.4. The molecular weight excluding hydrogens is 302 g/mol. The molecule has 128 valence electrons. The zero-order valence-corrected chi connectivity index (χ0v) is 14.4. The minimum absolute atomic E-state index is 0.00849. The SMILES string of the molecule is CCC(=O)N1CCC(C)(C(=O)N2N=CCC2c2ccccc2)CC1. The van der Waals surface area contributed by atoms with Gasteiger partial charge in [-0.05, 0) is 18.4 Å². The van der Waals surface area contributed by atoms with Gasteiger partial charge < -0.3 is 4.90 Å². The van der Waals surface area contributed by atoms with Crippen LogP contribution in [0.25, 0.3) is 0 Å². The molecule has 2 amide bonds. The van der Waals surface area contributed by atoms with Crippen molar-refractivity contribution < 1.29 is 9.59 Å². The van der Waals surface area contributed by atoms with Crippen LogP contribution in [0, 0.1) is 5.41 Å². The third-order valence-electron chi connectivity index (χ3n) is 5.26. The number of carbonyl (C=O) groups excluding carboxylic acids is 2. The smallest absolute Gasteiger partial charge is 0.249 e. The molecule has 1 unspecified atom stereocenters. The fourth-order valence-electron chi connectivity index (χ4n) is 3.53. The summed E-state index contributed by atoms with van der Waals surface area (Å²) in [7, 11) is 0. The van der Waals surface area contributed by atoms with Gasteiger partial charge in [0.05, 0.1) is 11.5 Å². The molecule has 1 aromatic carbocycles. The lowest BCUT2D eigenvalue weighted by molar-refractivity contribution is -0.148. The maximum absolute atomic E-state index is 13.2. The molecule has 3 rings (SSSR count). The third-order valence-corrected chi connectivity index (χ3v) is 5.26. The quantitative estimate of drug-likeness (QED) is 0.857. The van der Waals surface area contributed by atoms with E-state index in [1.807, 2.05) is 55.3 Å². The number of piperidine rings is 1. The third kappa shape index (κ3) is 3.07. The molecule has 24 heavy (non-hydrogen) atoms. The van der Waals surface area contributed by atoms with Crippen LogP contribution in [0.15, 0.2) is 35.4 Å². The van der Waals surface area contributed by atoms with Crippen LogP contribution in [-0.2, 0) is 9.59 Å². The Morgan fingerprint density at radius 1 is 1.21 bits per heavy atom. The van der Waals surface area contributed by atoms with Gasteiger partial charge in [-0.25, -0.2) is 5.01 Å². The van der Waals surface area contributed by atoms with Crippen LogP contribution in [-0.4, -0.2) is 41.0 Å². The van der Waals surface area contributed by atoms with Gasteiger partial charge >= 0.3 is 0 Å². The average molecular weight is 327 g/mol. The summed E-state index contributed by atoms with van der Waals surface area (Å²) in [4.78, 5) is 26.9. The van der Waals surface area contributed by atoms with Crippen LogP contribution in [0.1, 0.15) is 51.1 Å². The number of likely N-dealkylation sites (tertiary alicyclic amines) is 1. The van der Waals surface area contributed by atoms with E-state index >= 15 is 0 Å². The van der Waals surface area contributed by atoms with E-state index in [9.17, 15) is 9.59 Å². The van der Waals surface area contributed by atoms with Gasteiger partial charge in [0.2, 0.25) is 11.8 Å². The summed E-state index contributed by atoms with van der Waals surface area (Å²) in [6.45, 7) is 5.20. The Labute approximate surface area is 143 Å². The minimum atomic E-state index is -0.445. The van der Waals surface area contributed by atoms with Crippen LogP contribution in [0.3, 0.4) is 0 Å². The van der Waals surface area contributed by atoms with Gasteiger partial charge in [-0.3, -0.25) is 9.59 Å². The van der Waals surface area contributed by atoms with E-state index in [1.54, 1.807) is 5.01 Å². The molecule has 1 fully saturated rings. The predicted molar refractivity (Wildman–Crippen MR) is 93.4 cm³/mol. The van der Waals surface area contributed by atoms with Gasteiger partial charge in [0, 0.05) is 32.1 Å². The molecule has 0 spiro atoms. The topological polar surface area (TPSA) is 53.0 Å². The van der Waals surface area contributed by atoms with Crippen molar-refractivity contribution in [3.8, 4) is 0 Å². The van der Waals surface area contributed by atoms with Gasteiger partial charge in [-0.2, -0.15) is 5.10 Å². The summed E-state index contributed by atoms with van der Waals surface area (Å²) in [6, 6.07) is 10.0. The number of hydrogen-bond donors (Lipinski definition) is 0. The second-order valence-corrected chi connectivity index (χ2v) is 6.90. The van der Waals surface area contributed by atoms with Gasteiger partial charge in [0.25, 0.3) is 0 Å². The van der Waals surface area contributed by atoms with Crippen molar-refractivity contribution in [2.45, 2.75) is 45.6 Å². The first kappa shape index (κ1) is 16.7. The number of nitrogens with zero attached hydrogens (tertiary/aromatic N) is 3. The lowest BCUT2D eigenvalue weighted by Gasteiger charge is -2.40. The van der Waals surface area contributed by atoms with E-state index in [2.05, 4.69) is 5.10 Å². The van der Waals surface area contributed by atoms with Crippen molar-refractivity contribution in [1.29, 1.82) is 0 Å². The summed E-state index contributed by atoms with van der Waals surface area (Å²) in [5, 5.41) is 6.02. The minimum Gasteiger partial charge on any atom is -0.343 e. The first-order valence-corrected chi connectivity index (χ1v) is 8.74. The monoisotopic (exact) mass is 327 g/mol. The Morgan fingerprint density at radius 3 is 2.50 bits per heavy atom. The Balaban J connectivity index is 1.71. The summed E-state index contributed by atoms with van der Waals surface area (Å²) < 4.78 is 0. The van der Waals surface area contributed by atoms with Crippen molar-refractivity contribution in [3.63, 3.8) is 0 Å². The lowest BCUT2D eigenvalue weighted by atomic mass is 9.79. The van der Waals surface area contributed by atoms with E-state index in [0.717, 1.165) is 12.0 Å². The molecule has 2 heterocycles. The molecule has 0 aromatic heterocycles. The van der Waals surface area contributed by atoms with Crippen molar-refractivity contribution in [2.24, 2.45) is 10.5 Å². The number of benzene rings is 1. The van der Waals surface area contributed by atoms with E-state index < -0.39 is 5.41 Å². The number of amides is 2. The van der Waals surface area contributed by atoms with Crippen LogP contribution in [0.5, 0.6) is 0 Å². The van der Waals surface area contributed by atoms with Gasteiger partial charge in [-0.1, -0.05) is 44.2 Å². The van der Waals surface area contributed by atoms with Crippen molar-refractivity contribution in [1.82, 2.24) is 9.91 Å². The summed E-state index contributed by atoms with van der Waals surface area (Å²) in [5.41, 5.74) is 0.671. The first-order valence-electron chi connectivity index (χ1n) is 8.74. The fourth-order valence-corrected chi connectivity index (χ4v) is 3.53. The molecule has 0 radical (unpaired) electrons. The molecule has 0 N–H and O–H groups in total.